The van der Waals surface area contributed by atoms with Crippen LogP contribution >= 0.6 is 0 Å². The maximum Gasteiger partial charge on any atom is 0.334 e. The predicted octanol–water partition coefficient (Wildman–Crippen LogP) is 0.950. The van der Waals surface area contributed by atoms with Gasteiger partial charge in [0.1, 0.15) is 0 Å². The van der Waals surface area contributed by atoms with E-state index in [0.29, 0.717) is 12.5 Å². The van der Waals surface area contributed by atoms with Gasteiger partial charge < -0.3 is 4.74 Å². The molecule has 4 heteroatoms. The number of hydrogen-bond donors (Lipinski definition) is 0. The van der Waals surface area contributed by atoms with Crippen LogP contribution in [0.1, 0.15) is 13.8 Å². The van der Waals surface area contributed by atoms with Crippen LogP contribution in [0.4, 0.5) is 0 Å². The molecule has 1 heterocycles. The fraction of sp³-hybridized carbons (Fsp3) is 0.875. The number of carbonyl (C=O) groups is 1. The van der Waals surface area contributed by atoms with E-state index in [4.69, 9.17) is 4.74 Å². The predicted molar refractivity (Wildman–Crippen MR) is 41.3 cm³/mol. The van der Waals surface area contributed by atoms with Gasteiger partial charge in [-0.15, -0.1) is 4.91 Å². The van der Waals surface area contributed by atoms with E-state index in [1.807, 2.05) is 13.8 Å². The van der Waals surface area contributed by atoms with E-state index in [2.05, 4.69) is 5.18 Å². The van der Waals surface area contributed by atoms with Crippen LogP contribution in [-0.2, 0) is 9.53 Å². The fourth-order valence-electron chi connectivity index (χ4n) is 2.24. The Labute approximate surface area is 70.3 Å². The Bertz CT molecular complexity index is 249. The molecule has 0 aromatic rings. The molecule has 1 aliphatic heterocycles. The highest BCUT2D eigenvalue weighted by molar-refractivity contribution is 5.78. The molecule has 0 aromatic heterocycles. The molecule has 4 nitrogen and oxygen atoms in total. The second-order valence-electron chi connectivity index (χ2n) is 4.13. The highest BCUT2D eigenvalue weighted by Gasteiger charge is 2.66. The fourth-order valence-corrected chi connectivity index (χ4v) is 2.24. The first-order chi connectivity index (χ1) is 5.59. The van der Waals surface area contributed by atoms with E-state index in [9.17, 15) is 9.70 Å². The number of nitroso groups, excluding NO2 is 1. The van der Waals surface area contributed by atoms with Gasteiger partial charge in [-0.1, -0.05) is 19.0 Å². The van der Waals surface area contributed by atoms with Crippen molar-refractivity contribution in [3.8, 4) is 0 Å². The third kappa shape index (κ3) is 0.750. The molecule has 0 aromatic carbocycles. The molecule has 1 saturated carbocycles. The zero-order valence-corrected chi connectivity index (χ0v) is 7.11. The Kier molecular flexibility index (Phi) is 1.32. The summed E-state index contributed by atoms with van der Waals surface area (Å²) in [5.74, 6) is 0.0194. The van der Waals surface area contributed by atoms with Crippen LogP contribution in [-0.4, -0.2) is 18.6 Å². The molecule has 1 saturated heterocycles. The number of ether oxygens (including phenoxy) is 1. The van der Waals surface area contributed by atoms with Crippen LogP contribution in [0.3, 0.4) is 0 Å². The minimum atomic E-state index is -0.751. The van der Waals surface area contributed by atoms with Crippen LogP contribution in [0.2, 0.25) is 0 Å². The first kappa shape index (κ1) is 7.71. The lowest BCUT2D eigenvalue weighted by atomic mass is 10.1. The van der Waals surface area contributed by atoms with Crippen molar-refractivity contribution in [1.29, 1.82) is 0 Å². The van der Waals surface area contributed by atoms with Gasteiger partial charge in [-0.05, 0) is 5.41 Å². The summed E-state index contributed by atoms with van der Waals surface area (Å²) in [5, 5.41) is 2.82. The Morgan fingerprint density at radius 1 is 1.58 bits per heavy atom. The first-order valence-electron chi connectivity index (χ1n) is 4.08. The van der Waals surface area contributed by atoms with Gasteiger partial charge in [-0.3, -0.25) is 0 Å². The van der Waals surface area contributed by atoms with Crippen molar-refractivity contribution >= 4 is 5.97 Å². The number of cyclic esters (lactones) is 1. The lowest BCUT2D eigenvalue weighted by Gasteiger charge is -2.13. The van der Waals surface area contributed by atoms with Crippen molar-refractivity contribution in [2.24, 2.45) is 22.4 Å². The van der Waals surface area contributed by atoms with Crippen LogP contribution in [0, 0.1) is 22.2 Å². The van der Waals surface area contributed by atoms with Crippen molar-refractivity contribution in [3.63, 3.8) is 0 Å². The van der Waals surface area contributed by atoms with Gasteiger partial charge in [0.2, 0.25) is 0 Å². The number of carbonyl (C=O) groups excluding carboxylic acids is 1. The van der Waals surface area contributed by atoms with Gasteiger partial charge in [0.05, 0.1) is 6.61 Å². The third-order valence-corrected chi connectivity index (χ3v) is 3.24. The van der Waals surface area contributed by atoms with Crippen LogP contribution in [0.5, 0.6) is 0 Å². The van der Waals surface area contributed by atoms with Crippen molar-refractivity contribution < 1.29 is 9.53 Å². The Balaban J connectivity index is 2.22. The molecule has 1 aliphatic carbocycles. The van der Waals surface area contributed by atoms with Gasteiger partial charge in [-0.2, -0.15) is 0 Å². The summed E-state index contributed by atoms with van der Waals surface area (Å²) in [6, 6.07) is -0.751. The molecule has 1 unspecified atom stereocenters. The van der Waals surface area contributed by atoms with Gasteiger partial charge in [0.15, 0.2) is 6.04 Å². The minimum absolute atomic E-state index is 0.0603. The highest BCUT2D eigenvalue weighted by atomic mass is 16.5. The SMILES string of the molecule is CC1(C)[C@@H]2C(N=O)C(=O)OC[C@@H]21. The Hall–Kier alpha value is -0.930. The minimum Gasteiger partial charge on any atom is -0.464 e. The van der Waals surface area contributed by atoms with Gasteiger partial charge in [0.25, 0.3) is 0 Å². The summed E-state index contributed by atoms with van der Waals surface area (Å²) in [4.78, 5) is 21.4. The molecular weight excluding hydrogens is 158 g/mol. The molecule has 3 atom stereocenters. The summed E-state index contributed by atoms with van der Waals surface area (Å²) >= 11 is 0. The lowest BCUT2D eigenvalue weighted by Crippen LogP contribution is -2.29. The van der Waals surface area contributed by atoms with Crippen LogP contribution in [0.15, 0.2) is 5.18 Å². The molecule has 0 spiro atoms. The summed E-state index contributed by atoms with van der Waals surface area (Å²) in [7, 11) is 0. The lowest BCUT2D eigenvalue weighted by molar-refractivity contribution is -0.149. The van der Waals surface area contributed by atoms with Gasteiger partial charge in [-0.25, -0.2) is 4.79 Å². The average molecular weight is 169 g/mol. The molecule has 0 radical (unpaired) electrons. The topological polar surface area (TPSA) is 55.7 Å². The molecular formula is C8H11NO3. The molecule has 66 valence electrons. The van der Waals surface area contributed by atoms with E-state index in [0.717, 1.165) is 0 Å². The van der Waals surface area contributed by atoms with Crippen molar-refractivity contribution in [2.45, 2.75) is 19.9 Å². The number of esters is 1. The molecule has 12 heavy (non-hydrogen) atoms. The van der Waals surface area contributed by atoms with Gasteiger partial charge in [0, 0.05) is 11.8 Å². The van der Waals surface area contributed by atoms with Crippen molar-refractivity contribution in [3.05, 3.63) is 4.91 Å². The molecule has 0 N–H and O–H groups in total. The summed E-state index contributed by atoms with van der Waals surface area (Å²) in [6.45, 7) is 4.55. The van der Waals surface area contributed by atoms with E-state index in [1.165, 1.54) is 0 Å². The average Bonchev–Trinajstić information content (AvgIpc) is 2.55. The smallest absolute Gasteiger partial charge is 0.334 e. The molecule has 0 bridgehead atoms. The second kappa shape index (κ2) is 2.06. The van der Waals surface area contributed by atoms with E-state index >= 15 is 0 Å². The van der Waals surface area contributed by atoms with Crippen LogP contribution in [0.25, 0.3) is 0 Å². The monoisotopic (exact) mass is 169 g/mol. The number of hydrogen-bond acceptors (Lipinski definition) is 4. The first-order valence-corrected chi connectivity index (χ1v) is 4.08. The van der Waals surface area contributed by atoms with Gasteiger partial charge >= 0.3 is 5.97 Å². The van der Waals surface area contributed by atoms with E-state index in [-0.39, 0.29) is 11.3 Å². The number of nitrogens with zero attached hydrogens (tertiary/aromatic N) is 1. The normalized spacial score (nSPS) is 42.8. The Morgan fingerprint density at radius 2 is 2.25 bits per heavy atom. The second-order valence-corrected chi connectivity index (χ2v) is 4.13. The number of rotatable bonds is 1. The maximum atomic E-state index is 11.0. The zero-order chi connectivity index (χ0) is 8.93. The third-order valence-electron chi connectivity index (χ3n) is 3.24. The zero-order valence-electron chi connectivity index (χ0n) is 7.11. The quantitative estimate of drug-likeness (QED) is 0.433. The maximum absolute atomic E-state index is 11.0. The summed E-state index contributed by atoms with van der Waals surface area (Å²) < 4.78 is 4.84. The van der Waals surface area contributed by atoms with E-state index < -0.39 is 12.0 Å². The largest absolute Gasteiger partial charge is 0.464 e. The Morgan fingerprint density at radius 3 is 2.75 bits per heavy atom. The summed E-state index contributed by atoms with van der Waals surface area (Å²) in [6.07, 6.45) is 0. The van der Waals surface area contributed by atoms with Crippen molar-refractivity contribution in [2.75, 3.05) is 6.61 Å². The summed E-state index contributed by atoms with van der Waals surface area (Å²) in [5.41, 5.74) is 0.0603. The highest BCUT2D eigenvalue weighted by Crippen LogP contribution is 2.62. The standard InChI is InChI=1S/C8H11NO3/c1-8(2)4-3-12-7(10)6(9-11)5(4)8/h4-6H,3H2,1-2H3/t4-,5-,6?/m0/s1. The molecule has 2 fully saturated rings. The molecule has 2 rings (SSSR count). The molecule has 0 amide bonds. The van der Waals surface area contributed by atoms with Crippen LogP contribution < -0.4 is 0 Å². The molecule has 2 aliphatic rings. The van der Waals surface area contributed by atoms with Crippen molar-refractivity contribution in [1.82, 2.24) is 0 Å². The van der Waals surface area contributed by atoms with E-state index in [1.54, 1.807) is 0 Å². The number of fused-ring (bicyclic) bond motifs is 1.